The molecule has 2 aromatic heterocycles. The Bertz CT molecular complexity index is 1180. The Morgan fingerprint density at radius 3 is 2.87 bits per heavy atom. The van der Waals surface area contributed by atoms with Gasteiger partial charge in [-0.25, -0.2) is 14.0 Å². The lowest BCUT2D eigenvalue weighted by atomic mass is 10.3. The van der Waals surface area contributed by atoms with Gasteiger partial charge in [0.15, 0.2) is 11.5 Å². The molecule has 0 aliphatic rings. The predicted octanol–water partition coefficient (Wildman–Crippen LogP) is 2.46. The van der Waals surface area contributed by atoms with Crippen molar-refractivity contribution in [3.05, 3.63) is 56.6 Å². The summed E-state index contributed by atoms with van der Waals surface area (Å²) in [5, 5.41) is 21.4. The van der Waals surface area contributed by atoms with Crippen molar-refractivity contribution in [3.63, 3.8) is 0 Å². The highest BCUT2D eigenvalue weighted by molar-refractivity contribution is 9.10. The maximum Gasteiger partial charge on any atom is 0.319 e. The molecule has 0 spiro atoms. The van der Waals surface area contributed by atoms with Gasteiger partial charge in [-0.15, -0.1) is 11.3 Å². The topological polar surface area (TPSA) is 154 Å². The van der Waals surface area contributed by atoms with Crippen molar-refractivity contribution < 1.29 is 22.6 Å². The van der Waals surface area contributed by atoms with Crippen LogP contribution in [0, 0.1) is 5.82 Å². The quantitative estimate of drug-likeness (QED) is 0.142. The lowest BCUT2D eigenvalue weighted by Crippen LogP contribution is -2.28. The molecule has 15 heteroatoms. The summed E-state index contributed by atoms with van der Waals surface area (Å²) in [7, 11) is -3.86. The summed E-state index contributed by atoms with van der Waals surface area (Å²) >= 11 is 4.41. The van der Waals surface area contributed by atoms with Crippen LogP contribution in [0.1, 0.15) is 10.6 Å². The Balaban J connectivity index is 1.60. The van der Waals surface area contributed by atoms with Crippen LogP contribution in [0.2, 0.25) is 0 Å². The third-order valence-electron chi connectivity index (χ3n) is 3.53. The van der Waals surface area contributed by atoms with Gasteiger partial charge in [0.05, 0.1) is 16.4 Å². The molecular weight excluding hydrogens is 517 g/mol. The van der Waals surface area contributed by atoms with Crippen LogP contribution in [-0.2, 0) is 10.2 Å². The van der Waals surface area contributed by atoms with Gasteiger partial charge in [0, 0.05) is 18.0 Å². The smallest absolute Gasteiger partial charge is 0.319 e. The van der Waals surface area contributed by atoms with Crippen LogP contribution in [0.15, 0.2) is 54.2 Å². The first-order valence-corrected chi connectivity index (χ1v) is 11.6. The van der Waals surface area contributed by atoms with E-state index in [1.807, 2.05) is 10.9 Å². The molecule has 0 bridgehead atoms. The first-order chi connectivity index (χ1) is 14.9. The highest BCUT2D eigenvalue weighted by atomic mass is 79.9. The van der Waals surface area contributed by atoms with Crippen LogP contribution in [-0.4, -0.2) is 49.1 Å². The van der Waals surface area contributed by atoms with Gasteiger partial charge in [0.2, 0.25) is 5.82 Å². The van der Waals surface area contributed by atoms with E-state index >= 15 is 0 Å². The van der Waals surface area contributed by atoms with Crippen molar-refractivity contribution in [2.45, 2.75) is 0 Å². The van der Waals surface area contributed by atoms with Gasteiger partial charge < -0.3 is 5.32 Å². The van der Waals surface area contributed by atoms with E-state index in [0.717, 1.165) is 0 Å². The molecule has 0 aliphatic carbocycles. The van der Waals surface area contributed by atoms with E-state index in [9.17, 15) is 18.0 Å². The maximum atomic E-state index is 13.4. The van der Waals surface area contributed by atoms with Gasteiger partial charge in [0.25, 0.3) is 0 Å². The van der Waals surface area contributed by atoms with Crippen molar-refractivity contribution >= 4 is 61.0 Å². The predicted molar refractivity (Wildman–Crippen MR) is 117 cm³/mol. The van der Waals surface area contributed by atoms with Crippen LogP contribution < -0.4 is 15.5 Å². The molecule has 1 aromatic carbocycles. The number of thiophene rings is 1. The number of aliphatic imine (C=N–C) groups is 1. The number of nitrogens with one attached hydrogen (secondary N) is 3. The number of hydrogen-bond donors (Lipinski definition) is 4. The van der Waals surface area contributed by atoms with E-state index in [4.69, 9.17) is 0 Å². The average Bonchev–Trinajstić information content (AvgIpc) is 3.43. The molecule has 0 unspecified atom stereocenters. The van der Waals surface area contributed by atoms with Gasteiger partial charge in [0.1, 0.15) is 5.82 Å². The second kappa shape index (κ2) is 10.5. The SMILES string of the molecule is O=S(=O)(N=Cc1cccs1)NCCNc1nonc1C(=Nc1ccc(F)c(Br)c1)NO. The molecular formula is C16H15BrFN7O4S2. The maximum absolute atomic E-state index is 13.4. The van der Waals surface area contributed by atoms with Crippen molar-refractivity contribution in [2.24, 2.45) is 9.39 Å². The molecule has 4 N–H and O–H groups in total. The Kier molecular flexibility index (Phi) is 7.80. The molecule has 2 heterocycles. The van der Waals surface area contributed by atoms with Crippen LogP contribution >= 0.6 is 27.3 Å². The largest absolute Gasteiger partial charge is 0.364 e. The van der Waals surface area contributed by atoms with Crippen molar-refractivity contribution in [1.29, 1.82) is 0 Å². The number of nitrogens with zero attached hydrogens (tertiary/aromatic N) is 4. The van der Waals surface area contributed by atoms with Crippen molar-refractivity contribution in [1.82, 2.24) is 20.5 Å². The summed E-state index contributed by atoms with van der Waals surface area (Å²) < 4.78 is 47.8. The van der Waals surface area contributed by atoms with E-state index < -0.39 is 16.0 Å². The Morgan fingerprint density at radius 1 is 1.32 bits per heavy atom. The van der Waals surface area contributed by atoms with Crippen LogP contribution in [0.3, 0.4) is 0 Å². The second-order valence-electron chi connectivity index (χ2n) is 5.68. The lowest BCUT2D eigenvalue weighted by Gasteiger charge is -2.06. The van der Waals surface area contributed by atoms with Crippen LogP contribution in [0.4, 0.5) is 15.9 Å². The van der Waals surface area contributed by atoms with Gasteiger partial charge in [-0.2, -0.15) is 17.5 Å². The standard InChI is InChI=1S/C16H15BrFN7O4S2/c17-12-8-10(3-4-13(12)18)22-16(23-26)14-15(25-29-24-14)19-5-6-20-31(27,28)21-9-11-2-1-7-30-11/h1-4,7-9,20,26H,5-6H2,(H,19,25)(H,22,23). The number of hydrogen-bond acceptors (Lipinski definition) is 9. The van der Waals surface area contributed by atoms with Crippen LogP contribution in [0.5, 0.6) is 0 Å². The molecule has 0 saturated heterocycles. The number of amidine groups is 1. The molecule has 0 aliphatic heterocycles. The highest BCUT2D eigenvalue weighted by Crippen LogP contribution is 2.23. The van der Waals surface area contributed by atoms with Crippen LogP contribution in [0.25, 0.3) is 0 Å². The Morgan fingerprint density at radius 2 is 2.16 bits per heavy atom. The van der Waals surface area contributed by atoms with Gasteiger partial charge in [-0.3, -0.25) is 10.7 Å². The van der Waals surface area contributed by atoms with E-state index in [1.165, 1.54) is 35.8 Å². The first-order valence-electron chi connectivity index (χ1n) is 8.47. The summed E-state index contributed by atoms with van der Waals surface area (Å²) in [5.41, 5.74) is 2.23. The lowest BCUT2D eigenvalue weighted by molar-refractivity contribution is 0.234. The first kappa shape index (κ1) is 23.0. The molecule has 11 nitrogen and oxygen atoms in total. The monoisotopic (exact) mass is 531 g/mol. The molecule has 164 valence electrons. The number of benzene rings is 1. The van der Waals surface area contributed by atoms with E-state index in [-0.39, 0.29) is 34.9 Å². The number of halogens is 2. The third-order valence-corrected chi connectivity index (χ3v) is 5.89. The number of rotatable bonds is 9. The minimum absolute atomic E-state index is 0.0135. The molecule has 3 aromatic rings. The zero-order chi connectivity index (χ0) is 22.3. The normalized spacial score (nSPS) is 12.4. The fourth-order valence-corrected chi connectivity index (χ4v) is 3.86. The number of anilines is 1. The zero-order valence-corrected chi connectivity index (χ0v) is 18.7. The molecule has 0 atom stereocenters. The van der Waals surface area contributed by atoms with Gasteiger partial charge in [-0.1, -0.05) is 6.07 Å². The molecule has 0 saturated carbocycles. The van der Waals surface area contributed by atoms with E-state index in [1.54, 1.807) is 12.1 Å². The molecule has 0 amide bonds. The third kappa shape index (κ3) is 6.63. The number of hydroxylamine groups is 1. The average molecular weight is 532 g/mol. The Labute approximate surface area is 188 Å². The molecule has 0 fully saturated rings. The minimum Gasteiger partial charge on any atom is -0.364 e. The molecule has 3 rings (SSSR count). The van der Waals surface area contributed by atoms with Crippen molar-refractivity contribution in [3.8, 4) is 0 Å². The van der Waals surface area contributed by atoms with E-state index in [2.05, 4.69) is 50.3 Å². The fraction of sp³-hybridized carbons (Fsp3) is 0.125. The van der Waals surface area contributed by atoms with Gasteiger partial charge in [-0.05, 0) is 55.9 Å². The highest BCUT2D eigenvalue weighted by Gasteiger charge is 2.17. The van der Waals surface area contributed by atoms with Crippen molar-refractivity contribution in [2.75, 3.05) is 18.4 Å². The summed E-state index contributed by atoms with van der Waals surface area (Å²) in [4.78, 5) is 4.83. The second-order valence-corrected chi connectivity index (χ2v) is 8.96. The minimum atomic E-state index is -3.86. The number of aromatic nitrogens is 2. The summed E-state index contributed by atoms with van der Waals surface area (Å²) in [6.45, 7) is 0.0934. The zero-order valence-electron chi connectivity index (χ0n) is 15.5. The summed E-state index contributed by atoms with van der Waals surface area (Å²) in [5.74, 6) is -0.490. The van der Waals surface area contributed by atoms with Gasteiger partial charge >= 0.3 is 10.2 Å². The summed E-state index contributed by atoms with van der Waals surface area (Å²) in [6, 6.07) is 7.52. The summed E-state index contributed by atoms with van der Waals surface area (Å²) in [6.07, 6.45) is 1.25. The Hall–Kier alpha value is -2.72. The molecule has 0 radical (unpaired) electrons. The fourth-order valence-electron chi connectivity index (χ4n) is 2.16. The molecule has 31 heavy (non-hydrogen) atoms. The van der Waals surface area contributed by atoms with E-state index in [0.29, 0.717) is 10.6 Å².